The first-order valence-electron chi connectivity index (χ1n) is 5.23. The van der Waals surface area contributed by atoms with E-state index in [1.54, 1.807) is 20.8 Å². The van der Waals surface area contributed by atoms with Crippen molar-refractivity contribution in [2.75, 3.05) is 5.32 Å². The molecule has 1 rings (SSSR count). The van der Waals surface area contributed by atoms with E-state index in [1.165, 1.54) is 11.3 Å². The quantitative estimate of drug-likeness (QED) is 0.734. The summed E-state index contributed by atoms with van der Waals surface area (Å²) in [6, 6.07) is -0.926. The van der Waals surface area contributed by atoms with E-state index in [0.29, 0.717) is 10.6 Å². The zero-order valence-corrected chi connectivity index (χ0v) is 11.1. The summed E-state index contributed by atoms with van der Waals surface area (Å²) in [6.45, 7) is 5.17. The van der Waals surface area contributed by atoms with Crippen LogP contribution in [0.2, 0.25) is 0 Å². The molecule has 6 heteroatoms. The van der Waals surface area contributed by atoms with Gasteiger partial charge in [-0.1, -0.05) is 5.92 Å². The molecule has 0 saturated carbocycles. The number of hydrogen-bond donors (Lipinski definition) is 3. The number of terminal acetylenes is 1. The maximum atomic E-state index is 11.6. The van der Waals surface area contributed by atoms with Gasteiger partial charge in [-0.2, -0.15) is 0 Å². The molecule has 18 heavy (non-hydrogen) atoms. The van der Waals surface area contributed by atoms with Crippen LogP contribution in [0.15, 0.2) is 0 Å². The Kier molecular flexibility index (Phi) is 4.34. The molecule has 0 saturated heterocycles. The van der Waals surface area contributed by atoms with Crippen LogP contribution in [-0.2, 0) is 0 Å². The van der Waals surface area contributed by atoms with Crippen molar-refractivity contribution < 1.29 is 14.7 Å². The van der Waals surface area contributed by atoms with Gasteiger partial charge in [0.15, 0.2) is 0 Å². The second-order valence-corrected chi connectivity index (χ2v) is 5.00. The highest BCUT2D eigenvalue weighted by Gasteiger charge is 2.20. The van der Waals surface area contributed by atoms with E-state index in [1.807, 2.05) is 0 Å². The summed E-state index contributed by atoms with van der Waals surface area (Å²) in [5.41, 5.74) is 0.786. The highest BCUT2D eigenvalue weighted by Crippen LogP contribution is 2.32. The number of hydrogen-bond acceptors (Lipinski definition) is 3. The lowest BCUT2D eigenvalue weighted by atomic mass is 10.1. The predicted molar refractivity (Wildman–Crippen MR) is 71.2 cm³/mol. The van der Waals surface area contributed by atoms with Gasteiger partial charge in [-0.15, -0.1) is 17.8 Å². The number of amides is 2. The van der Waals surface area contributed by atoms with Gasteiger partial charge in [0.05, 0.1) is 11.6 Å². The minimum atomic E-state index is -1.06. The molecule has 0 spiro atoms. The van der Waals surface area contributed by atoms with E-state index < -0.39 is 18.0 Å². The van der Waals surface area contributed by atoms with E-state index >= 15 is 0 Å². The van der Waals surface area contributed by atoms with Crippen LogP contribution >= 0.6 is 11.3 Å². The average Bonchev–Trinajstić information content (AvgIpc) is 2.53. The first-order chi connectivity index (χ1) is 8.36. The van der Waals surface area contributed by atoms with Gasteiger partial charge in [0.1, 0.15) is 5.00 Å². The number of thiophene rings is 1. The smallest absolute Gasteiger partial charge is 0.338 e. The van der Waals surface area contributed by atoms with Crippen molar-refractivity contribution in [1.29, 1.82) is 0 Å². The van der Waals surface area contributed by atoms with E-state index in [-0.39, 0.29) is 5.56 Å². The molecule has 0 aliphatic rings. The summed E-state index contributed by atoms with van der Waals surface area (Å²) in [7, 11) is 0. The molecule has 0 aromatic carbocycles. The SMILES string of the molecule is C#CC(C)NC(=O)Nc1sc(C)c(C)c1C(=O)O. The van der Waals surface area contributed by atoms with Gasteiger partial charge in [-0.05, 0) is 26.3 Å². The topological polar surface area (TPSA) is 78.4 Å². The fourth-order valence-corrected chi connectivity index (χ4v) is 2.40. The third-order valence-corrected chi connectivity index (χ3v) is 3.55. The lowest BCUT2D eigenvalue weighted by Gasteiger charge is -2.09. The van der Waals surface area contributed by atoms with Gasteiger partial charge in [0, 0.05) is 4.88 Å². The Morgan fingerprint density at radius 2 is 2.06 bits per heavy atom. The van der Waals surface area contributed by atoms with Crippen molar-refractivity contribution in [2.24, 2.45) is 0 Å². The van der Waals surface area contributed by atoms with Crippen LogP contribution in [0.25, 0.3) is 0 Å². The number of nitrogens with one attached hydrogen (secondary N) is 2. The van der Waals surface area contributed by atoms with Crippen molar-refractivity contribution >= 4 is 28.3 Å². The Balaban J connectivity index is 2.92. The van der Waals surface area contributed by atoms with Gasteiger partial charge >= 0.3 is 12.0 Å². The largest absolute Gasteiger partial charge is 0.478 e. The Bertz CT molecular complexity index is 528. The summed E-state index contributed by atoms with van der Waals surface area (Å²) in [5, 5.41) is 14.4. The molecular weight excluding hydrogens is 252 g/mol. The number of carbonyl (C=O) groups excluding carboxylic acids is 1. The summed E-state index contributed by atoms with van der Waals surface area (Å²) in [6.07, 6.45) is 5.14. The third kappa shape index (κ3) is 3.02. The fourth-order valence-electron chi connectivity index (χ4n) is 1.35. The average molecular weight is 266 g/mol. The number of carboxylic acid groups (broad SMARTS) is 1. The maximum absolute atomic E-state index is 11.6. The van der Waals surface area contributed by atoms with E-state index in [2.05, 4.69) is 16.6 Å². The second kappa shape index (κ2) is 5.56. The van der Waals surface area contributed by atoms with Crippen LogP contribution in [0, 0.1) is 26.2 Å². The molecule has 0 radical (unpaired) electrons. The van der Waals surface area contributed by atoms with Gasteiger partial charge in [-0.3, -0.25) is 5.32 Å². The summed E-state index contributed by atoms with van der Waals surface area (Å²) < 4.78 is 0. The minimum Gasteiger partial charge on any atom is -0.478 e. The molecule has 1 heterocycles. The summed E-state index contributed by atoms with van der Waals surface area (Å²) in [5.74, 6) is 1.29. The van der Waals surface area contributed by atoms with Gasteiger partial charge in [-0.25, -0.2) is 9.59 Å². The molecule has 1 aromatic heterocycles. The Hall–Kier alpha value is -2.00. The first kappa shape index (κ1) is 14.1. The van der Waals surface area contributed by atoms with Crippen molar-refractivity contribution in [1.82, 2.24) is 5.32 Å². The van der Waals surface area contributed by atoms with Crippen LogP contribution in [-0.4, -0.2) is 23.1 Å². The van der Waals surface area contributed by atoms with Crippen LogP contribution < -0.4 is 10.6 Å². The number of aryl methyl sites for hydroxylation is 1. The first-order valence-corrected chi connectivity index (χ1v) is 6.05. The lowest BCUT2D eigenvalue weighted by molar-refractivity contribution is 0.0697. The molecule has 1 unspecified atom stereocenters. The molecule has 1 atom stereocenters. The molecule has 0 aliphatic carbocycles. The third-order valence-electron chi connectivity index (χ3n) is 2.42. The molecule has 0 fully saturated rings. The molecule has 1 aromatic rings. The highest BCUT2D eigenvalue weighted by atomic mass is 32.1. The Morgan fingerprint density at radius 1 is 1.44 bits per heavy atom. The zero-order chi connectivity index (χ0) is 13.9. The number of rotatable bonds is 3. The van der Waals surface area contributed by atoms with Crippen molar-refractivity contribution in [3.63, 3.8) is 0 Å². The molecule has 2 amide bonds. The number of urea groups is 1. The number of carbonyl (C=O) groups is 2. The highest BCUT2D eigenvalue weighted by molar-refractivity contribution is 7.16. The van der Waals surface area contributed by atoms with Crippen LogP contribution in [0.1, 0.15) is 27.7 Å². The normalized spacial score (nSPS) is 11.4. The molecule has 3 N–H and O–H groups in total. The van der Waals surface area contributed by atoms with Crippen molar-refractivity contribution in [3.8, 4) is 12.3 Å². The molecule has 0 bridgehead atoms. The summed E-state index contributed by atoms with van der Waals surface area (Å²) >= 11 is 1.23. The van der Waals surface area contributed by atoms with Crippen molar-refractivity contribution in [2.45, 2.75) is 26.8 Å². The molecular formula is C12H14N2O3S. The predicted octanol–water partition coefficient (Wildman–Crippen LogP) is 2.21. The minimum absolute atomic E-state index is 0.126. The fraction of sp³-hybridized carbons (Fsp3) is 0.333. The van der Waals surface area contributed by atoms with Crippen LogP contribution in [0.5, 0.6) is 0 Å². The molecule has 5 nitrogen and oxygen atoms in total. The standard InChI is InChI=1S/C12H14N2O3S/c1-5-6(2)13-12(17)14-10-9(11(15)16)7(3)8(4)18-10/h1,6H,2-4H3,(H,15,16)(H2,13,14,17). The lowest BCUT2D eigenvalue weighted by Crippen LogP contribution is -2.35. The van der Waals surface area contributed by atoms with Gasteiger partial charge < -0.3 is 10.4 Å². The van der Waals surface area contributed by atoms with E-state index in [0.717, 1.165) is 4.88 Å². The zero-order valence-electron chi connectivity index (χ0n) is 10.3. The number of aromatic carboxylic acids is 1. The maximum Gasteiger partial charge on any atom is 0.338 e. The van der Waals surface area contributed by atoms with Crippen LogP contribution in [0.3, 0.4) is 0 Å². The van der Waals surface area contributed by atoms with Crippen molar-refractivity contribution in [3.05, 3.63) is 16.0 Å². The number of anilines is 1. The summed E-state index contributed by atoms with van der Waals surface area (Å²) in [4.78, 5) is 23.5. The molecule has 96 valence electrons. The Labute approximate surface area is 109 Å². The van der Waals surface area contributed by atoms with Gasteiger partial charge in [0.25, 0.3) is 0 Å². The number of carboxylic acids is 1. The van der Waals surface area contributed by atoms with E-state index in [4.69, 9.17) is 11.5 Å². The van der Waals surface area contributed by atoms with Gasteiger partial charge in [0.2, 0.25) is 0 Å². The Morgan fingerprint density at radius 3 is 2.56 bits per heavy atom. The monoisotopic (exact) mass is 266 g/mol. The van der Waals surface area contributed by atoms with E-state index in [9.17, 15) is 9.59 Å². The molecule has 0 aliphatic heterocycles. The van der Waals surface area contributed by atoms with Crippen LogP contribution in [0.4, 0.5) is 9.80 Å². The second-order valence-electron chi connectivity index (χ2n) is 3.78.